The van der Waals surface area contributed by atoms with E-state index >= 15 is 0 Å². The van der Waals surface area contributed by atoms with Gasteiger partial charge in [0.15, 0.2) is 5.13 Å². The summed E-state index contributed by atoms with van der Waals surface area (Å²) in [4.78, 5) is 18.1. The first-order chi connectivity index (χ1) is 18.1. The quantitative estimate of drug-likeness (QED) is 0.346. The van der Waals surface area contributed by atoms with E-state index < -0.39 is 39.2 Å². The van der Waals surface area contributed by atoms with Gasteiger partial charge in [-0.2, -0.15) is 26.9 Å². The molecule has 2 aromatic carbocycles. The van der Waals surface area contributed by atoms with Crippen LogP contribution in [0.5, 0.6) is 5.75 Å². The average molecular weight is 593 g/mol. The van der Waals surface area contributed by atoms with E-state index in [9.17, 15) is 39.6 Å². The Morgan fingerprint density at radius 3 is 2.18 bits per heavy atom. The van der Waals surface area contributed by atoms with Crippen LogP contribution in [0, 0.1) is 18.3 Å². The zero-order chi connectivity index (χ0) is 29.0. The van der Waals surface area contributed by atoms with Crippen molar-refractivity contribution in [1.29, 1.82) is 5.26 Å². The lowest BCUT2D eigenvalue weighted by Crippen LogP contribution is -2.40. The number of nitrogens with zero attached hydrogens (tertiary/aromatic N) is 3. The number of thiazole rings is 1. The topological polar surface area (TPSA) is 112 Å². The molecule has 0 atom stereocenters. The number of amides is 1. The van der Waals surface area contributed by atoms with Crippen LogP contribution in [0.3, 0.4) is 0 Å². The lowest BCUT2D eigenvalue weighted by molar-refractivity contribution is -0.274. The number of hydrogen-bond acceptors (Lipinski definition) is 8. The molecule has 0 aliphatic heterocycles. The summed E-state index contributed by atoms with van der Waals surface area (Å²) < 4.78 is 103. The van der Waals surface area contributed by atoms with Gasteiger partial charge in [-0.1, -0.05) is 24.3 Å². The molecule has 208 valence electrons. The third-order valence-corrected chi connectivity index (χ3v) is 7.18. The molecule has 0 radical (unpaired) electrons. The van der Waals surface area contributed by atoms with E-state index in [2.05, 4.69) is 9.72 Å². The third-order valence-electron chi connectivity index (χ3n) is 5.09. The van der Waals surface area contributed by atoms with Crippen molar-refractivity contribution in [3.63, 3.8) is 0 Å². The summed E-state index contributed by atoms with van der Waals surface area (Å²) in [5, 5.41) is 9.12. The van der Waals surface area contributed by atoms with Crippen molar-refractivity contribution in [3.05, 3.63) is 75.8 Å². The first-order valence-corrected chi connectivity index (χ1v) is 13.1. The van der Waals surface area contributed by atoms with Gasteiger partial charge in [0.25, 0.3) is 5.91 Å². The summed E-state index contributed by atoms with van der Waals surface area (Å²) in [5.41, 5.74) is -4.46. The summed E-state index contributed by atoms with van der Waals surface area (Å²) >= 11 is 0.917. The van der Waals surface area contributed by atoms with Crippen LogP contribution in [0.25, 0.3) is 0 Å². The van der Waals surface area contributed by atoms with Crippen molar-refractivity contribution < 1.29 is 44.3 Å². The van der Waals surface area contributed by atoms with E-state index in [1.165, 1.54) is 19.1 Å². The number of alkyl halides is 6. The van der Waals surface area contributed by atoms with Crippen LogP contribution >= 0.6 is 11.3 Å². The van der Waals surface area contributed by atoms with Gasteiger partial charge in [-0.15, -0.1) is 24.5 Å². The summed E-state index contributed by atoms with van der Waals surface area (Å²) in [7, 11) is -5.95. The maximum atomic E-state index is 12.7. The number of aryl methyl sites for hydroxylation is 1. The minimum absolute atomic E-state index is 0.0669. The highest BCUT2D eigenvalue weighted by molar-refractivity contribution is 7.90. The van der Waals surface area contributed by atoms with Gasteiger partial charge in [0.2, 0.25) is 0 Å². The van der Waals surface area contributed by atoms with E-state index in [1.807, 2.05) is 6.07 Å². The summed E-state index contributed by atoms with van der Waals surface area (Å²) in [5.74, 6) is -2.00. The van der Waals surface area contributed by atoms with Gasteiger partial charge in [-0.3, -0.25) is 4.79 Å². The number of carbonyl (C=O) groups excluding carboxylic acids is 1. The second kappa shape index (κ2) is 11.5. The van der Waals surface area contributed by atoms with Crippen molar-refractivity contribution in [2.75, 3.05) is 11.4 Å². The predicted octanol–water partition coefficient (Wildman–Crippen LogP) is 5.05. The maximum absolute atomic E-state index is 12.7. The van der Waals surface area contributed by atoms with Crippen LogP contribution in [-0.4, -0.2) is 37.7 Å². The zero-order valence-electron chi connectivity index (χ0n) is 19.8. The molecule has 8 nitrogen and oxygen atoms in total. The Labute approximate surface area is 222 Å². The van der Waals surface area contributed by atoms with Crippen molar-refractivity contribution in [3.8, 4) is 11.8 Å². The third kappa shape index (κ3) is 8.07. The number of benzene rings is 2. The van der Waals surface area contributed by atoms with Gasteiger partial charge >= 0.3 is 21.9 Å². The van der Waals surface area contributed by atoms with Crippen molar-refractivity contribution in [2.45, 2.75) is 31.8 Å². The van der Waals surface area contributed by atoms with Crippen LogP contribution in [0.15, 0.2) is 48.5 Å². The Bertz CT molecular complexity index is 1460. The van der Waals surface area contributed by atoms with Crippen LogP contribution in [-0.2, 0) is 23.0 Å². The average Bonchev–Trinajstić information content (AvgIpc) is 3.23. The van der Waals surface area contributed by atoms with Crippen molar-refractivity contribution >= 4 is 32.4 Å². The normalized spacial score (nSPS) is 12.1. The molecule has 0 saturated carbocycles. The van der Waals surface area contributed by atoms with E-state index in [0.717, 1.165) is 33.8 Å². The van der Waals surface area contributed by atoms with E-state index in [0.29, 0.717) is 17.5 Å². The monoisotopic (exact) mass is 592 g/mol. The lowest BCUT2D eigenvalue weighted by atomic mass is 10.1. The highest BCUT2D eigenvalue weighted by atomic mass is 32.2. The number of halogens is 6. The number of carbonyl (C=O) groups is 1. The number of nitrogens with one attached hydrogen (secondary N) is 1. The van der Waals surface area contributed by atoms with E-state index in [4.69, 9.17) is 5.26 Å². The van der Waals surface area contributed by atoms with Crippen LogP contribution in [0.4, 0.5) is 31.5 Å². The molecule has 1 heterocycles. The van der Waals surface area contributed by atoms with Gasteiger partial charge in [-0.05, 0) is 48.7 Å². The Morgan fingerprint density at radius 2 is 1.64 bits per heavy atom. The van der Waals surface area contributed by atoms with Crippen LogP contribution in [0.1, 0.15) is 32.1 Å². The Morgan fingerprint density at radius 1 is 1.05 bits per heavy atom. The first-order valence-electron chi connectivity index (χ1n) is 10.8. The first kappa shape index (κ1) is 29.7. The fraction of sp³-hybridized carbons (Fsp3) is 0.261. The van der Waals surface area contributed by atoms with Crippen LogP contribution < -0.4 is 14.4 Å². The van der Waals surface area contributed by atoms with Gasteiger partial charge in [0.1, 0.15) is 11.4 Å². The highest BCUT2D eigenvalue weighted by Crippen LogP contribution is 2.29. The molecule has 3 rings (SSSR count). The number of hydrogen-bond donors (Lipinski definition) is 1. The molecule has 0 aliphatic carbocycles. The Balaban J connectivity index is 1.87. The minimum Gasteiger partial charge on any atom is -0.406 e. The summed E-state index contributed by atoms with van der Waals surface area (Å²) in [6.45, 7) is 1.68. The molecule has 16 heteroatoms. The molecular formula is C23H18F6N4O4S2. The smallest absolute Gasteiger partial charge is 0.406 e. The van der Waals surface area contributed by atoms with E-state index in [-0.39, 0.29) is 23.1 Å². The fourth-order valence-electron chi connectivity index (χ4n) is 3.23. The Kier molecular flexibility index (Phi) is 8.76. The molecule has 0 spiro atoms. The second-order valence-electron chi connectivity index (χ2n) is 7.95. The van der Waals surface area contributed by atoms with Gasteiger partial charge in [-0.25, -0.2) is 9.71 Å². The number of sulfonamides is 1. The number of rotatable bonds is 9. The van der Waals surface area contributed by atoms with Crippen molar-refractivity contribution in [2.24, 2.45) is 0 Å². The standard InChI is InChI=1S/C23H18F6N4O4S2/c1-14-19(20(34)32-39(35,36)23(27,28)29)31-21(38-14)33(11-10-15-2-4-16(12-30)5-3-15)13-17-6-8-18(9-7-17)37-22(24,25)26/h2-9H,10-11,13H2,1H3,(H,32,34). The Hall–Kier alpha value is -3.84. The SMILES string of the molecule is Cc1sc(N(CCc2ccc(C#N)cc2)Cc2ccc(OC(F)(F)F)cc2)nc1C(=O)NS(=O)(=O)C(F)(F)F. The maximum Gasteiger partial charge on any atom is 0.573 e. The summed E-state index contributed by atoms with van der Waals surface area (Å²) in [6, 6.07) is 13.6. The highest BCUT2D eigenvalue weighted by Gasteiger charge is 2.47. The molecule has 0 fully saturated rings. The molecule has 3 aromatic rings. The number of anilines is 1. The molecule has 0 aliphatic rings. The molecular weight excluding hydrogens is 574 g/mol. The second-order valence-corrected chi connectivity index (χ2v) is 10.8. The fourth-order valence-corrected chi connectivity index (χ4v) is 4.61. The number of nitriles is 1. The van der Waals surface area contributed by atoms with Gasteiger partial charge in [0, 0.05) is 18.0 Å². The number of aromatic nitrogens is 1. The molecule has 1 amide bonds. The predicted molar refractivity (Wildman–Crippen MR) is 128 cm³/mol. The molecule has 39 heavy (non-hydrogen) atoms. The largest absolute Gasteiger partial charge is 0.573 e. The molecule has 1 aromatic heterocycles. The lowest BCUT2D eigenvalue weighted by Gasteiger charge is -2.22. The van der Waals surface area contributed by atoms with Gasteiger partial charge < -0.3 is 9.64 Å². The molecule has 0 unspecified atom stereocenters. The molecule has 0 bridgehead atoms. The molecule has 1 N–H and O–H groups in total. The van der Waals surface area contributed by atoms with Crippen LogP contribution in [0.2, 0.25) is 0 Å². The van der Waals surface area contributed by atoms with E-state index in [1.54, 1.807) is 29.2 Å². The summed E-state index contributed by atoms with van der Waals surface area (Å²) in [6.07, 6.45) is -4.48. The van der Waals surface area contributed by atoms with Crippen molar-refractivity contribution in [1.82, 2.24) is 9.71 Å². The number of ether oxygens (including phenoxy) is 1. The molecule has 0 saturated heterocycles. The zero-order valence-corrected chi connectivity index (χ0v) is 21.4. The van der Waals surface area contributed by atoms with Gasteiger partial charge in [0.05, 0.1) is 11.6 Å². The minimum atomic E-state index is -5.95.